The molecule has 1 saturated heterocycles. The number of carbonyl (C=O) groups excluding carboxylic acids is 1. The molecular weight excluding hydrogens is 232 g/mol. The summed E-state index contributed by atoms with van der Waals surface area (Å²) in [6, 6.07) is 0. The van der Waals surface area contributed by atoms with E-state index in [1.165, 1.54) is 0 Å². The first-order valence-electron chi connectivity index (χ1n) is 6.21. The van der Waals surface area contributed by atoms with Crippen LogP contribution in [0.1, 0.15) is 33.9 Å². The van der Waals surface area contributed by atoms with Crippen LogP contribution in [0.3, 0.4) is 0 Å². The molecule has 2 heterocycles. The van der Waals surface area contributed by atoms with Crippen LogP contribution in [0.15, 0.2) is 4.42 Å². The predicted molar refractivity (Wildman–Crippen MR) is 67.7 cm³/mol. The van der Waals surface area contributed by atoms with Crippen LogP contribution in [0.2, 0.25) is 0 Å². The maximum atomic E-state index is 12.1. The Balaban J connectivity index is 2.04. The quantitative estimate of drug-likeness (QED) is 0.739. The van der Waals surface area contributed by atoms with Crippen molar-refractivity contribution in [2.45, 2.75) is 32.8 Å². The molecule has 5 nitrogen and oxygen atoms in total. The molecule has 0 aliphatic carbocycles. The highest BCUT2D eigenvalue weighted by molar-refractivity contribution is 5.96. The summed E-state index contributed by atoms with van der Waals surface area (Å²) < 4.78 is 5.43. The van der Waals surface area contributed by atoms with E-state index in [2.05, 4.69) is 10.6 Å². The van der Waals surface area contributed by atoms with Gasteiger partial charge in [0.15, 0.2) is 0 Å². The smallest absolute Gasteiger partial charge is 0.255 e. The van der Waals surface area contributed by atoms with Crippen molar-refractivity contribution in [3.8, 4) is 0 Å². The molecule has 1 fully saturated rings. The van der Waals surface area contributed by atoms with Crippen molar-refractivity contribution in [1.29, 1.82) is 0 Å². The molecule has 0 saturated carbocycles. The molecular formula is C13H20N2O3. The van der Waals surface area contributed by atoms with Crippen LogP contribution >= 0.6 is 0 Å². The number of rotatable bonds is 3. The van der Waals surface area contributed by atoms with Crippen LogP contribution in [0.4, 0.5) is 0 Å². The normalized spacial score (nSPS) is 23.3. The molecule has 1 aliphatic heterocycles. The van der Waals surface area contributed by atoms with Gasteiger partial charge in [-0.1, -0.05) is 0 Å². The van der Waals surface area contributed by atoms with Crippen molar-refractivity contribution in [2.24, 2.45) is 0 Å². The second-order valence-electron chi connectivity index (χ2n) is 5.05. The first-order valence-corrected chi connectivity index (χ1v) is 6.21. The lowest BCUT2D eigenvalue weighted by molar-refractivity contribution is 0.0561. The van der Waals surface area contributed by atoms with Gasteiger partial charge >= 0.3 is 0 Å². The molecule has 3 N–H and O–H groups in total. The maximum absolute atomic E-state index is 12.1. The summed E-state index contributed by atoms with van der Waals surface area (Å²) in [4.78, 5) is 12.1. The minimum absolute atomic E-state index is 0.179. The molecule has 18 heavy (non-hydrogen) atoms. The van der Waals surface area contributed by atoms with Crippen molar-refractivity contribution in [3.63, 3.8) is 0 Å². The second-order valence-corrected chi connectivity index (χ2v) is 5.05. The largest absolute Gasteiger partial charge is 0.466 e. The summed E-state index contributed by atoms with van der Waals surface area (Å²) in [7, 11) is 0. The number of aryl methyl sites for hydroxylation is 2. The topological polar surface area (TPSA) is 74.5 Å². The van der Waals surface area contributed by atoms with E-state index in [-0.39, 0.29) is 12.5 Å². The number of amides is 1. The standard InChI is InChI=1S/C13H20N2O3/c1-8-9(2)18-10(3)11(8)12(16)15-7-13(17)4-5-14-6-13/h14,17H,4-7H2,1-3H3,(H,15,16). The van der Waals surface area contributed by atoms with Gasteiger partial charge in [-0.3, -0.25) is 4.79 Å². The number of hydrogen-bond acceptors (Lipinski definition) is 4. The van der Waals surface area contributed by atoms with Gasteiger partial charge in [0.05, 0.1) is 11.2 Å². The van der Waals surface area contributed by atoms with Gasteiger partial charge in [0.1, 0.15) is 11.5 Å². The molecule has 0 radical (unpaired) electrons. The highest BCUT2D eigenvalue weighted by Crippen LogP contribution is 2.21. The van der Waals surface area contributed by atoms with Crippen LogP contribution in [0.25, 0.3) is 0 Å². The van der Waals surface area contributed by atoms with E-state index in [0.29, 0.717) is 24.3 Å². The number of carbonyl (C=O) groups is 1. The molecule has 1 atom stereocenters. The number of aliphatic hydroxyl groups is 1. The van der Waals surface area contributed by atoms with E-state index in [4.69, 9.17) is 4.42 Å². The first-order chi connectivity index (χ1) is 8.43. The molecule has 1 aromatic rings. The van der Waals surface area contributed by atoms with Crippen LogP contribution in [-0.2, 0) is 0 Å². The Morgan fingerprint density at radius 2 is 2.17 bits per heavy atom. The summed E-state index contributed by atoms with van der Waals surface area (Å²) in [5, 5.41) is 16.0. The van der Waals surface area contributed by atoms with E-state index in [0.717, 1.165) is 17.9 Å². The fraction of sp³-hybridized carbons (Fsp3) is 0.615. The molecule has 2 rings (SSSR count). The van der Waals surface area contributed by atoms with Gasteiger partial charge in [-0.2, -0.15) is 0 Å². The third-order valence-corrected chi connectivity index (χ3v) is 3.59. The van der Waals surface area contributed by atoms with E-state index >= 15 is 0 Å². The average Bonchev–Trinajstić information content (AvgIpc) is 2.83. The van der Waals surface area contributed by atoms with Gasteiger partial charge in [0.25, 0.3) is 5.91 Å². The fourth-order valence-electron chi connectivity index (χ4n) is 2.34. The highest BCUT2D eigenvalue weighted by Gasteiger charge is 2.32. The minimum Gasteiger partial charge on any atom is -0.466 e. The second kappa shape index (κ2) is 4.74. The zero-order chi connectivity index (χ0) is 13.3. The van der Waals surface area contributed by atoms with Crippen LogP contribution in [0.5, 0.6) is 0 Å². The summed E-state index contributed by atoms with van der Waals surface area (Å²) >= 11 is 0. The third kappa shape index (κ3) is 2.42. The van der Waals surface area contributed by atoms with Gasteiger partial charge in [0.2, 0.25) is 0 Å². The zero-order valence-electron chi connectivity index (χ0n) is 11.1. The van der Waals surface area contributed by atoms with Crippen LogP contribution in [0, 0.1) is 20.8 Å². The lowest BCUT2D eigenvalue weighted by atomic mass is 10.0. The Bertz CT molecular complexity index is 459. The van der Waals surface area contributed by atoms with E-state index in [1.54, 1.807) is 6.92 Å². The summed E-state index contributed by atoms with van der Waals surface area (Å²) in [5.74, 6) is 1.21. The Labute approximate surface area is 107 Å². The van der Waals surface area contributed by atoms with Crippen molar-refractivity contribution in [2.75, 3.05) is 19.6 Å². The van der Waals surface area contributed by atoms with Crippen LogP contribution < -0.4 is 10.6 Å². The van der Waals surface area contributed by atoms with Gasteiger partial charge < -0.3 is 20.2 Å². The van der Waals surface area contributed by atoms with E-state index in [9.17, 15) is 9.90 Å². The Morgan fingerprint density at radius 3 is 2.67 bits per heavy atom. The summed E-state index contributed by atoms with van der Waals surface area (Å²) in [6.45, 7) is 7.06. The minimum atomic E-state index is -0.823. The average molecular weight is 252 g/mol. The predicted octanol–water partition coefficient (Wildman–Crippen LogP) is 0.659. The van der Waals surface area contributed by atoms with Crippen molar-refractivity contribution >= 4 is 5.91 Å². The SMILES string of the molecule is Cc1oc(C)c(C(=O)NCC2(O)CCNC2)c1C. The van der Waals surface area contributed by atoms with Crippen LogP contribution in [-0.4, -0.2) is 36.2 Å². The zero-order valence-corrected chi connectivity index (χ0v) is 11.1. The Hall–Kier alpha value is -1.33. The number of nitrogens with one attached hydrogen (secondary N) is 2. The molecule has 1 aliphatic rings. The molecule has 100 valence electrons. The first kappa shape index (κ1) is 13.1. The van der Waals surface area contributed by atoms with Gasteiger partial charge in [-0.05, 0) is 33.7 Å². The molecule has 1 unspecified atom stereocenters. The lowest BCUT2D eigenvalue weighted by Gasteiger charge is -2.21. The van der Waals surface area contributed by atoms with Crippen molar-refractivity contribution in [3.05, 3.63) is 22.6 Å². The molecule has 1 amide bonds. The van der Waals surface area contributed by atoms with Gasteiger partial charge in [0, 0.05) is 18.7 Å². The molecule has 0 spiro atoms. The number of β-amino-alcohol motifs (C(OH)–C–C–N with tert-alkyl or cyclic N) is 1. The molecule has 0 aromatic carbocycles. The number of hydrogen-bond donors (Lipinski definition) is 3. The fourth-order valence-corrected chi connectivity index (χ4v) is 2.34. The van der Waals surface area contributed by atoms with Gasteiger partial charge in [-0.25, -0.2) is 0 Å². The van der Waals surface area contributed by atoms with Gasteiger partial charge in [-0.15, -0.1) is 0 Å². The highest BCUT2D eigenvalue weighted by atomic mass is 16.3. The van der Waals surface area contributed by atoms with Crippen molar-refractivity contribution in [1.82, 2.24) is 10.6 Å². The summed E-state index contributed by atoms with van der Waals surface area (Å²) in [6.07, 6.45) is 0.662. The lowest BCUT2D eigenvalue weighted by Crippen LogP contribution is -2.44. The van der Waals surface area contributed by atoms with Crippen molar-refractivity contribution < 1.29 is 14.3 Å². The van der Waals surface area contributed by atoms with E-state index in [1.807, 2.05) is 13.8 Å². The third-order valence-electron chi connectivity index (χ3n) is 3.59. The Kier molecular flexibility index (Phi) is 3.45. The molecule has 0 bridgehead atoms. The molecule has 5 heteroatoms. The monoisotopic (exact) mass is 252 g/mol. The molecule has 1 aromatic heterocycles. The maximum Gasteiger partial charge on any atom is 0.255 e. The number of furan rings is 1. The Morgan fingerprint density at radius 1 is 1.44 bits per heavy atom. The summed E-state index contributed by atoms with van der Waals surface area (Å²) in [5.41, 5.74) is 0.625. The van der Waals surface area contributed by atoms with E-state index < -0.39 is 5.60 Å².